The molecule has 1 heterocycles. The number of ether oxygens (including phenoxy) is 2. The largest absolute Gasteiger partial charge is 0.444 e. The minimum Gasteiger partial charge on any atom is -0.444 e. The van der Waals surface area contributed by atoms with Gasteiger partial charge in [0.1, 0.15) is 11.2 Å². The molecule has 0 saturated heterocycles. The normalized spacial score (nSPS) is 15.2. The number of carbonyl (C=O) groups excluding carboxylic acids is 2. The Bertz CT molecular complexity index is 692. The van der Waals surface area contributed by atoms with E-state index in [0.717, 1.165) is 5.56 Å². The second-order valence-corrected chi connectivity index (χ2v) is 8.74. The summed E-state index contributed by atoms with van der Waals surface area (Å²) in [5, 5.41) is 0.541. The lowest BCUT2D eigenvalue weighted by molar-refractivity contribution is 0.0238. The van der Waals surface area contributed by atoms with Crippen LogP contribution in [-0.2, 0) is 16.0 Å². The first kappa shape index (κ1) is 20.4. The van der Waals surface area contributed by atoms with Crippen molar-refractivity contribution < 1.29 is 19.1 Å². The molecule has 0 unspecified atom stereocenters. The van der Waals surface area contributed by atoms with E-state index in [0.29, 0.717) is 30.3 Å². The first-order valence-corrected chi connectivity index (χ1v) is 9.00. The highest BCUT2D eigenvalue weighted by atomic mass is 35.5. The number of carbonyl (C=O) groups is 2. The molecule has 6 nitrogen and oxygen atoms in total. The fourth-order valence-electron chi connectivity index (χ4n) is 2.56. The number of anilines is 1. The van der Waals surface area contributed by atoms with Crippen molar-refractivity contribution in [3.63, 3.8) is 0 Å². The van der Waals surface area contributed by atoms with Crippen LogP contribution < -0.4 is 4.90 Å². The van der Waals surface area contributed by atoms with Gasteiger partial charge in [0, 0.05) is 18.1 Å². The second kappa shape index (κ2) is 7.35. The van der Waals surface area contributed by atoms with Crippen LogP contribution in [0.4, 0.5) is 15.3 Å². The Morgan fingerprint density at radius 3 is 2.12 bits per heavy atom. The molecule has 144 valence electrons. The van der Waals surface area contributed by atoms with E-state index in [-0.39, 0.29) is 0 Å². The maximum atomic E-state index is 12.7. The first-order valence-electron chi connectivity index (χ1n) is 8.62. The number of fused-ring (bicyclic) bond motifs is 1. The molecule has 1 aromatic rings. The van der Waals surface area contributed by atoms with Crippen molar-refractivity contribution in [1.29, 1.82) is 0 Å². The van der Waals surface area contributed by atoms with Gasteiger partial charge in [-0.15, -0.1) is 0 Å². The van der Waals surface area contributed by atoms with Crippen LogP contribution >= 0.6 is 11.6 Å². The summed E-state index contributed by atoms with van der Waals surface area (Å²) in [5.74, 6) is 0. The topological polar surface area (TPSA) is 59.1 Å². The van der Waals surface area contributed by atoms with Gasteiger partial charge in [-0.2, -0.15) is 0 Å². The van der Waals surface area contributed by atoms with E-state index < -0.39 is 23.4 Å². The predicted molar refractivity (Wildman–Crippen MR) is 102 cm³/mol. The minimum absolute atomic E-state index is 0.308. The molecule has 2 rings (SSSR count). The van der Waals surface area contributed by atoms with Crippen molar-refractivity contribution in [2.75, 3.05) is 18.0 Å². The summed E-state index contributed by atoms with van der Waals surface area (Å²) in [6.45, 7) is 11.9. The second-order valence-electron chi connectivity index (χ2n) is 8.31. The summed E-state index contributed by atoms with van der Waals surface area (Å²) in [6.07, 6.45) is -0.874. The predicted octanol–water partition coefficient (Wildman–Crippen LogP) is 4.83. The monoisotopic (exact) mass is 382 g/mol. The quantitative estimate of drug-likeness (QED) is 0.644. The van der Waals surface area contributed by atoms with Crippen LogP contribution in [0.5, 0.6) is 0 Å². The fraction of sp³-hybridized carbons (Fsp3) is 0.579. The van der Waals surface area contributed by atoms with Gasteiger partial charge in [0.15, 0.2) is 0 Å². The average Bonchev–Trinajstić information content (AvgIpc) is 2.62. The minimum atomic E-state index is -0.610. The SMILES string of the molecule is CC(C)(C)OC(=O)N1CCN(C(=O)OC(C)(C)C)c2ccc(Cl)cc2C1. The maximum Gasteiger partial charge on any atom is 0.414 e. The highest BCUT2D eigenvalue weighted by Crippen LogP contribution is 2.30. The summed E-state index contributed by atoms with van der Waals surface area (Å²) < 4.78 is 11.0. The van der Waals surface area contributed by atoms with Crippen molar-refractivity contribution in [1.82, 2.24) is 4.90 Å². The average molecular weight is 383 g/mol. The summed E-state index contributed by atoms with van der Waals surface area (Å²) in [5.41, 5.74) is 0.258. The van der Waals surface area contributed by atoms with Crippen LogP contribution in [0.3, 0.4) is 0 Å². The van der Waals surface area contributed by atoms with Crippen molar-refractivity contribution >= 4 is 29.5 Å². The van der Waals surface area contributed by atoms with E-state index in [4.69, 9.17) is 21.1 Å². The van der Waals surface area contributed by atoms with Crippen LogP contribution in [0.2, 0.25) is 5.02 Å². The van der Waals surface area contributed by atoms with E-state index >= 15 is 0 Å². The zero-order valence-electron chi connectivity index (χ0n) is 16.3. The van der Waals surface area contributed by atoms with Crippen LogP contribution in [0.25, 0.3) is 0 Å². The third-order valence-corrected chi connectivity index (χ3v) is 3.79. The molecule has 0 saturated carbocycles. The lowest BCUT2D eigenvalue weighted by Crippen LogP contribution is -2.42. The van der Waals surface area contributed by atoms with Gasteiger partial charge in [0.25, 0.3) is 0 Å². The Morgan fingerprint density at radius 2 is 1.54 bits per heavy atom. The molecular formula is C19H27ClN2O4. The number of amides is 2. The maximum absolute atomic E-state index is 12.7. The van der Waals surface area contributed by atoms with Gasteiger partial charge in [-0.3, -0.25) is 4.90 Å². The number of rotatable bonds is 0. The Labute approximate surface area is 160 Å². The van der Waals surface area contributed by atoms with Crippen LogP contribution in [0.1, 0.15) is 47.1 Å². The van der Waals surface area contributed by atoms with E-state index in [9.17, 15) is 9.59 Å². The zero-order chi connectivity index (χ0) is 19.7. The molecule has 0 atom stereocenters. The molecule has 0 aromatic heterocycles. The Kier molecular flexibility index (Phi) is 5.76. The molecule has 0 bridgehead atoms. The molecule has 26 heavy (non-hydrogen) atoms. The van der Waals surface area contributed by atoms with Crippen LogP contribution in [0.15, 0.2) is 18.2 Å². The summed E-state index contributed by atoms with van der Waals surface area (Å²) >= 11 is 6.13. The van der Waals surface area contributed by atoms with Gasteiger partial charge in [-0.1, -0.05) is 11.6 Å². The highest BCUT2D eigenvalue weighted by Gasteiger charge is 2.31. The van der Waals surface area contributed by atoms with Gasteiger partial charge in [0.2, 0.25) is 0 Å². The Morgan fingerprint density at radius 1 is 0.962 bits per heavy atom. The van der Waals surface area contributed by atoms with Crippen LogP contribution in [-0.4, -0.2) is 41.4 Å². The number of nitrogens with zero attached hydrogens (tertiary/aromatic N) is 2. The van der Waals surface area contributed by atoms with E-state index in [2.05, 4.69) is 0 Å². The first-order chi connectivity index (χ1) is 11.9. The number of benzene rings is 1. The van der Waals surface area contributed by atoms with E-state index in [1.54, 1.807) is 28.0 Å². The molecule has 0 spiro atoms. The van der Waals surface area contributed by atoms with Crippen molar-refractivity contribution in [2.45, 2.75) is 59.3 Å². The molecule has 0 aliphatic carbocycles. The molecule has 0 radical (unpaired) electrons. The van der Waals surface area contributed by atoms with Crippen LogP contribution in [0, 0.1) is 0 Å². The molecule has 0 N–H and O–H groups in total. The van der Waals surface area contributed by atoms with Crippen molar-refractivity contribution in [3.8, 4) is 0 Å². The third-order valence-electron chi connectivity index (χ3n) is 3.55. The lowest BCUT2D eigenvalue weighted by atomic mass is 10.1. The van der Waals surface area contributed by atoms with Gasteiger partial charge in [-0.25, -0.2) is 9.59 Å². The van der Waals surface area contributed by atoms with Gasteiger partial charge >= 0.3 is 12.2 Å². The van der Waals surface area contributed by atoms with Gasteiger partial charge < -0.3 is 14.4 Å². The third kappa shape index (κ3) is 5.53. The highest BCUT2D eigenvalue weighted by molar-refractivity contribution is 6.30. The summed E-state index contributed by atoms with van der Waals surface area (Å²) in [7, 11) is 0. The van der Waals surface area contributed by atoms with Crippen molar-refractivity contribution in [2.24, 2.45) is 0 Å². The molecular weight excluding hydrogens is 356 g/mol. The molecule has 7 heteroatoms. The Balaban J connectivity index is 2.31. The molecule has 0 fully saturated rings. The smallest absolute Gasteiger partial charge is 0.414 e. The standard InChI is InChI=1S/C19H27ClN2O4/c1-18(2,3)25-16(23)21-9-10-22(17(24)26-19(4,5)6)15-8-7-14(20)11-13(15)12-21/h7-8,11H,9-10,12H2,1-6H3. The number of hydrogen-bond acceptors (Lipinski definition) is 4. The van der Waals surface area contributed by atoms with Gasteiger partial charge in [-0.05, 0) is 65.3 Å². The zero-order valence-corrected chi connectivity index (χ0v) is 17.0. The summed E-state index contributed by atoms with van der Waals surface area (Å²) in [4.78, 5) is 28.3. The Hall–Kier alpha value is -1.95. The number of hydrogen-bond donors (Lipinski definition) is 0. The molecule has 1 aliphatic rings. The number of halogens is 1. The van der Waals surface area contributed by atoms with E-state index in [1.807, 2.05) is 41.5 Å². The van der Waals surface area contributed by atoms with E-state index in [1.165, 1.54) is 0 Å². The lowest BCUT2D eigenvalue weighted by Gasteiger charge is -2.28. The fourth-order valence-corrected chi connectivity index (χ4v) is 2.75. The summed E-state index contributed by atoms with van der Waals surface area (Å²) in [6, 6.07) is 5.26. The molecule has 1 aromatic carbocycles. The van der Waals surface area contributed by atoms with Crippen molar-refractivity contribution in [3.05, 3.63) is 28.8 Å². The van der Waals surface area contributed by atoms with Gasteiger partial charge in [0.05, 0.1) is 12.2 Å². The molecule has 1 aliphatic heterocycles. The molecule has 2 amide bonds.